The van der Waals surface area contributed by atoms with E-state index in [-0.39, 0.29) is 11.2 Å². The van der Waals surface area contributed by atoms with E-state index < -0.39 is 7.12 Å². The van der Waals surface area contributed by atoms with Gasteiger partial charge in [-0.1, -0.05) is 17.7 Å². The maximum Gasteiger partial charge on any atom is 0.496 e. The number of aromatic nitrogens is 2. The Morgan fingerprint density at radius 3 is 2.39 bits per heavy atom. The van der Waals surface area contributed by atoms with Crippen LogP contribution in [-0.4, -0.2) is 41.3 Å². The summed E-state index contributed by atoms with van der Waals surface area (Å²) in [5, 5.41) is 6.16. The summed E-state index contributed by atoms with van der Waals surface area (Å²) in [5.41, 5.74) is 0.955. The molecule has 0 aliphatic carbocycles. The van der Waals surface area contributed by atoms with Crippen LogP contribution in [0.3, 0.4) is 0 Å². The van der Waals surface area contributed by atoms with Gasteiger partial charge < -0.3 is 14.0 Å². The third-order valence-corrected chi connectivity index (χ3v) is 5.59. The van der Waals surface area contributed by atoms with Gasteiger partial charge in [0.25, 0.3) is 0 Å². The van der Waals surface area contributed by atoms with Crippen molar-refractivity contribution in [1.82, 2.24) is 9.78 Å². The predicted octanol–water partition coefficient (Wildman–Crippen LogP) is 2.56. The Morgan fingerprint density at radius 1 is 1.17 bits per heavy atom. The van der Waals surface area contributed by atoms with Crippen LogP contribution in [0.4, 0.5) is 0 Å². The van der Waals surface area contributed by atoms with Crippen molar-refractivity contribution < 1.29 is 14.0 Å². The van der Waals surface area contributed by atoms with Gasteiger partial charge in [0.15, 0.2) is 0 Å². The summed E-state index contributed by atoms with van der Waals surface area (Å²) in [5.74, 6) is 0. The number of ether oxygens (including phenoxy) is 1. The van der Waals surface area contributed by atoms with E-state index in [2.05, 4.69) is 5.10 Å². The Labute approximate surface area is 141 Å². The molecule has 0 radical (unpaired) electrons. The smallest absolute Gasteiger partial charge is 0.399 e. The van der Waals surface area contributed by atoms with Gasteiger partial charge in [-0.15, -0.1) is 0 Å². The zero-order valence-corrected chi connectivity index (χ0v) is 14.6. The Morgan fingerprint density at radius 2 is 1.83 bits per heavy atom. The number of halogens is 1. The van der Waals surface area contributed by atoms with E-state index in [9.17, 15) is 0 Å². The topological polar surface area (TPSA) is 45.5 Å². The van der Waals surface area contributed by atoms with Crippen LogP contribution >= 0.6 is 11.6 Å². The molecule has 3 heterocycles. The Kier molecular flexibility index (Phi) is 3.33. The molecule has 7 heteroatoms. The van der Waals surface area contributed by atoms with Crippen LogP contribution in [0.25, 0.3) is 10.9 Å². The molecule has 0 atom stereocenters. The minimum atomic E-state index is -0.465. The molecule has 5 nitrogen and oxygen atoms in total. The van der Waals surface area contributed by atoms with Gasteiger partial charge in [0, 0.05) is 17.0 Å². The summed E-state index contributed by atoms with van der Waals surface area (Å²) in [7, 11) is -0.465. The summed E-state index contributed by atoms with van der Waals surface area (Å²) in [4.78, 5) is 0. The molecule has 0 spiro atoms. The molecular formula is C16H20BClN2O3. The molecule has 0 bridgehead atoms. The van der Waals surface area contributed by atoms with Crippen molar-refractivity contribution in [3.05, 3.63) is 23.4 Å². The molecule has 1 aromatic heterocycles. The average molecular weight is 335 g/mol. The lowest BCUT2D eigenvalue weighted by Gasteiger charge is -2.32. The highest BCUT2D eigenvalue weighted by atomic mass is 35.5. The second-order valence-electron chi connectivity index (χ2n) is 7.29. The third-order valence-electron chi connectivity index (χ3n) is 5.17. The molecule has 2 aromatic rings. The van der Waals surface area contributed by atoms with Crippen molar-refractivity contribution in [2.75, 3.05) is 13.2 Å². The number of rotatable bonds is 2. The molecule has 0 amide bonds. The Balaban J connectivity index is 1.72. The molecule has 23 heavy (non-hydrogen) atoms. The highest BCUT2D eigenvalue weighted by Crippen LogP contribution is 2.37. The zero-order valence-electron chi connectivity index (χ0n) is 13.8. The van der Waals surface area contributed by atoms with Gasteiger partial charge in [0.05, 0.1) is 41.0 Å². The summed E-state index contributed by atoms with van der Waals surface area (Å²) < 4.78 is 19.4. The van der Waals surface area contributed by atoms with Gasteiger partial charge in [0.1, 0.15) is 0 Å². The fourth-order valence-corrected chi connectivity index (χ4v) is 3.11. The first-order valence-corrected chi connectivity index (χ1v) is 8.27. The van der Waals surface area contributed by atoms with E-state index >= 15 is 0 Å². The molecule has 2 saturated heterocycles. The van der Waals surface area contributed by atoms with Crippen LogP contribution in [-0.2, 0) is 14.0 Å². The fourth-order valence-electron chi connectivity index (χ4n) is 2.81. The van der Waals surface area contributed by atoms with Gasteiger partial charge in [-0.25, -0.2) is 0 Å². The van der Waals surface area contributed by atoms with Gasteiger partial charge in [-0.2, -0.15) is 5.10 Å². The minimum Gasteiger partial charge on any atom is -0.399 e. The van der Waals surface area contributed by atoms with Crippen LogP contribution in [0.2, 0.25) is 5.02 Å². The van der Waals surface area contributed by atoms with Crippen LogP contribution in [0.1, 0.15) is 33.7 Å². The molecule has 0 saturated carbocycles. The molecule has 2 fully saturated rings. The normalized spacial score (nSPS) is 23.4. The summed E-state index contributed by atoms with van der Waals surface area (Å²) in [6, 6.07) is 4.22. The summed E-state index contributed by atoms with van der Waals surface area (Å²) in [6.45, 7) is 9.55. The standard InChI is InChI=1S/C16H20BClN2O3/c1-15(2)16(3,4)23-17(22-15)12-5-6-13-11(14(12)18)7-20(19-13)10-8-21-9-10/h5-7,10H,8-9H2,1-4H3. The van der Waals surface area contributed by atoms with Crippen molar-refractivity contribution in [3.63, 3.8) is 0 Å². The summed E-state index contributed by atoms with van der Waals surface area (Å²) in [6.07, 6.45) is 1.99. The fraction of sp³-hybridized carbons (Fsp3) is 0.562. The van der Waals surface area contributed by atoms with Crippen molar-refractivity contribution in [2.45, 2.75) is 44.9 Å². The highest BCUT2D eigenvalue weighted by molar-refractivity contribution is 6.66. The minimum absolute atomic E-state index is 0.304. The molecule has 4 rings (SSSR count). The lowest BCUT2D eigenvalue weighted by Crippen LogP contribution is -2.41. The first-order valence-electron chi connectivity index (χ1n) is 7.89. The molecular weight excluding hydrogens is 314 g/mol. The Bertz CT molecular complexity index is 754. The van der Waals surface area contributed by atoms with Crippen molar-refractivity contribution >= 4 is 35.1 Å². The van der Waals surface area contributed by atoms with E-state index in [4.69, 9.17) is 25.6 Å². The van der Waals surface area contributed by atoms with Gasteiger partial charge in [-0.05, 0) is 33.8 Å². The van der Waals surface area contributed by atoms with Crippen molar-refractivity contribution in [3.8, 4) is 0 Å². The maximum absolute atomic E-state index is 6.64. The highest BCUT2D eigenvalue weighted by Gasteiger charge is 2.52. The number of hydrogen-bond donors (Lipinski definition) is 0. The summed E-state index contributed by atoms with van der Waals surface area (Å²) >= 11 is 6.64. The monoisotopic (exact) mass is 334 g/mol. The maximum atomic E-state index is 6.64. The number of fused-ring (bicyclic) bond motifs is 1. The third kappa shape index (κ3) is 2.31. The largest absolute Gasteiger partial charge is 0.496 e. The number of benzene rings is 1. The van der Waals surface area contributed by atoms with Crippen LogP contribution < -0.4 is 5.46 Å². The van der Waals surface area contributed by atoms with E-state index in [0.717, 1.165) is 16.4 Å². The molecule has 0 N–H and O–H groups in total. The number of nitrogens with zero attached hydrogens (tertiary/aromatic N) is 2. The lowest BCUT2D eigenvalue weighted by atomic mass is 9.78. The average Bonchev–Trinajstić information content (AvgIpc) is 2.88. The van der Waals surface area contributed by atoms with Gasteiger partial charge in [-0.3, -0.25) is 4.68 Å². The molecule has 2 aliphatic heterocycles. The zero-order chi connectivity index (χ0) is 16.4. The van der Waals surface area contributed by atoms with E-state index in [1.807, 2.05) is 50.7 Å². The first kappa shape index (κ1) is 15.5. The van der Waals surface area contributed by atoms with Gasteiger partial charge >= 0.3 is 7.12 Å². The SMILES string of the molecule is CC1(C)OB(c2ccc3nn(C4COC4)cc3c2Cl)OC1(C)C. The Hall–Kier alpha value is -1.08. The first-order chi connectivity index (χ1) is 10.8. The van der Waals surface area contributed by atoms with Crippen molar-refractivity contribution in [2.24, 2.45) is 0 Å². The molecule has 1 aromatic carbocycles. The lowest BCUT2D eigenvalue weighted by molar-refractivity contribution is -0.0283. The second kappa shape index (κ2) is 4.96. The van der Waals surface area contributed by atoms with E-state index in [1.54, 1.807) is 0 Å². The molecule has 2 aliphatic rings. The number of hydrogen-bond acceptors (Lipinski definition) is 4. The molecule has 122 valence electrons. The van der Waals surface area contributed by atoms with Crippen molar-refractivity contribution in [1.29, 1.82) is 0 Å². The van der Waals surface area contributed by atoms with Gasteiger partial charge in [0.2, 0.25) is 0 Å². The predicted molar refractivity (Wildman–Crippen MR) is 90.3 cm³/mol. The second-order valence-corrected chi connectivity index (χ2v) is 7.67. The van der Waals surface area contributed by atoms with Crippen LogP contribution in [0, 0.1) is 0 Å². The van der Waals surface area contributed by atoms with Crippen LogP contribution in [0.15, 0.2) is 18.3 Å². The van der Waals surface area contributed by atoms with E-state index in [1.165, 1.54) is 0 Å². The van der Waals surface area contributed by atoms with E-state index in [0.29, 0.717) is 24.3 Å². The molecule has 0 unspecified atom stereocenters. The quantitative estimate of drug-likeness (QED) is 0.792. The van der Waals surface area contributed by atoms with Crippen LogP contribution in [0.5, 0.6) is 0 Å².